The molecule has 0 bridgehead atoms. The lowest BCUT2D eigenvalue weighted by Gasteiger charge is -3.09. The molecule has 0 unspecified atom stereocenters. The molecule has 2 nitrogen and oxygen atoms in total. The van der Waals surface area contributed by atoms with Crippen LogP contribution in [-0.4, -0.2) is 12.6 Å². The highest BCUT2D eigenvalue weighted by atomic mass is 16.1. The van der Waals surface area contributed by atoms with Crippen LogP contribution in [0.15, 0.2) is 0 Å². The first-order chi connectivity index (χ1) is 5.85. The van der Waals surface area contributed by atoms with Gasteiger partial charge in [0.2, 0.25) is 0 Å². The zero-order valence-corrected chi connectivity index (χ0v) is 6.44. The third-order valence-corrected chi connectivity index (χ3v) is 6.19. The normalized spacial score (nSPS) is 87.7. The van der Waals surface area contributed by atoms with E-state index in [1.807, 2.05) is 0 Å². The zero-order chi connectivity index (χ0) is 7.88. The maximum Gasteiger partial charge on any atom is 0.127 e. The number of hydrogen-bond donors (Lipinski definition) is 0. The summed E-state index contributed by atoms with van der Waals surface area (Å²) in [5.41, 5.74) is 0.287. The quantitative estimate of drug-likeness (QED) is 0.538. The fraction of sp³-hybridized carbons (Fsp3) is 0.800. The molecule has 0 radical (unpaired) electrons. The average molecular weight is 160 g/mol. The van der Waals surface area contributed by atoms with Crippen molar-refractivity contribution < 1.29 is 9.59 Å². The molecule has 0 heterocycles. The Morgan fingerprint density at radius 3 is 1.08 bits per heavy atom. The number of hydrogen-bond acceptors (Lipinski definition) is 2. The fourth-order valence-electron chi connectivity index (χ4n) is 6.17. The lowest BCUT2D eigenvalue weighted by molar-refractivity contribution is -0.619. The van der Waals surface area contributed by atoms with Crippen molar-refractivity contribution in [1.29, 1.82) is 0 Å². The van der Waals surface area contributed by atoms with E-state index in [9.17, 15) is 9.59 Å². The van der Waals surface area contributed by atoms with E-state index in [-0.39, 0.29) is 10.8 Å². The molecule has 0 saturated heterocycles. The van der Waals surface area contributed by atoms with E-state index in [1.165, 1.54) is 12.6 Å². The van der Waals surface area contributed by atoms with E-state index in [2.05, 4.69) is 0 Å². The second-order valence-corrected chi connectivity index (χ2v) is 5.39. The zero-order valence-electron chi connectivity index (χ0n) is 6.44. The van der Waals surface area contributed by atoms with Crippen LogP contribution in [0.25, 0.3) is 0 Å². The molecule has 6 rings (SSSR count). The summed E-state index contributed by atoms with van der Waals surface area (Å²) >= 11 is 0. The summed E-state index contributed by atoms with van der Waals surface area (Å²) in [5.74, 6) is 4.00. The van der Waals surface area contributed by atoms with E-state index in [1.54, 1.807) is 0 Å². The summed E-state index contributed by atoms with van der Waals surface area (Å²) in [4.78, 5) is 21.8. The van der Waals surface area contributed by atoms with Crippen molar-refractivity contribution in [3.8, 4) is 0 Å². The van der Waals surface area contributed by atoms with Crippen LogP contribution in [0.3, 0.4) is 0 Å². The van der Waals surface area contributed by atoms with Crippen LogP contribution in [0.4, 0.5) is 0 Å². The molecule has 2 heteroatoms. The first-order valence-electron chi connectivity index (χ1n) is 4.78. The number of aldehydes is 2. The Morgan fingerprint density at radius 1 is 0.667 bits per heavy atom. The van der Waals surface area contributed by atoms with Crippen LogP contribution in [0.1, 0.15) is 0 Å². The van der Waals surface area contributed by atoms with Crippen LogP contribution in [0.2, 0.25) is 0 Å². The second-order valence-electron chi connectivity index (χ2n) is 5.39. The minimum absolute atomic E-state index is 0.144. The van der Waals surface area contributed by atoms with Crippen LogP contribution in [0.5, 0.6) is 0 Å². The molecule has 6 saturated carbocycles. The molecule has 0 aromatic heterocycles. The molecule has 6 fully saturated rings. The van der Waals surface area contributed by atoms with Gasteiger partial charge in [-0.05, 0) is 35.5 Å². The summed E-state index contributed by atoms with van der Waals surface area (Å²) in [6, 6.07) is 0. The number of carbonyl (C=O) groups is 2. The van der Waals surface area contributed by atoms with Crippen molar-refractivity contribution in [1.82, 2.24) is 0 Å². The average Bonchev–Trinajstić information content (AvgIpc) is 2.17. The van der Waals surface area contributed by atoms with Gasteiger partial charge in [0.15, 0.2) is 0 Å². The summed E-state index contributed by atoms with van der Waals surface area (Å²) < 4.78 is 0. The van der Waals surface area contributed by atoms with Crippen molar-refractivity contribution in [3.63, 3.8) is 0 Å². The fourth-order valence-corrected chi connectivity index (χ4v) is 6.17. The Hall–Kier alpha value is -0.660. The van der Waals surface area contributed by atoms with E-state index < -0.39 is 0 Å². The van der Waals surface area contributed by atoms with Gasteiger partial charge in [-0.2, -0.15) is 0 Å². The van der Waals surface area contributed by atoms with Crippen molar-refractivity contribution in [2.24, 2.45) is 46.3 Å². The molecule has 6 aliphatic carbocycles. The molecule has 6 aliphatic rings. The highest BCUT2D eigenvalue weighted by Crippen LogP contribution is 3.09. The Bertz CT molecular complexity index is 280. The standard InChI is InChI=1S/C10H8O2/c11-1-9-3-6-4(9)8-5(9)7(3)10(6,8)2-12/h1-8H. The van der Waals surface area contributed by atoms with E-state index in [0.717, 1.165) is 0 Å². The third kappa shape index (κ3) is 0.152. The van der Waals surface area contributed by atoms with Gasteiger partial charge in [0.1, 0.15) is 12.6 Å². The van der Waals surface area contributed by atoms with Gasteiger partial charge in [-0.1, -0.05) is 0 Å². The maximum atomic E-state index is 10.9. The molecule has 60 valence electrons. The molecule has 12 heavy (non-hydrogen) atoms. The Kier molecular flexibility index (Phi) is 0.394. The Balaban J connectivity index is 1.75. The van der Waals surface area contributed by atoms with Crippen molar-refractivity contribution in [2.45, 2.75) is 0 Å². The summed E-state index contributed by atoms with van der Waals surface area (Å²) in [5, 5.41) is 0. The predicted molar refractivity (Wildman–Crippen MR) is 37.9 cm³/mol. The van der Waals surface area contributed by atoms with Crippen molar-refractivity contribution in [2.75, 3.05) is 0 Å². The minimum atomic E-state index is 0.144. The second kappa shape index (κ2) is 0.918. The molecule has 0 N–H and O–H groups in total. The predicted octanol–water partition coefficient (Wildman–Crippen LogP) is 0.122. The summed E-state index contributed by atoms with van der Waals surface area (Å²) in [6.07, 6.45) is 2.43. The summed E-state index contributed by atoms with van der Waals surface area (Å²) in [6.45, 7) is 0. The largest absolute Gasteiger partial charge is 0.303 e. The maximum absolute atomic E-state index is 10.9. The van der Waals surface area contributed by atoms with Gasteiger partial charge < -0.3 is 9.59 Å². The van der Waals surface area contributed by atoms with Crippen LogP contribution in [-0.2, 0) is 9.59 Å². The smallest absolute Gasteiger partial charge is 0.127 e. The van der Waals surface area contributed by atoms with Crippen LogP contribution in [0, 0.1) is 46.3 Å². The number of rotatable bonds is 2. The van der Waals surface area contributed by atoms with Gasteiger partial charge in [0.05, 0.1) is 0 Å². The first kappa shape index (κ1) is 5.15. The third-order valence-electron chi connectivity index (χ3n) is 6.19. The first-order valence-corrected chi connectivity index (χ1v) is 4.78. The SMILES string of the molecule is O=CC12C3C4C1C1C2C3C41C=O. The lowest BCUT2D eigenvalue weighted by atomic mass is 8.92. The van der Waals surface area contributed by atoms with Gasteiger partial charge >= 0.3 is 0 Å². The van der Waals surface area contributed by atoms with Gasteiger partial charge in [-0.3, -0.25) is 0 Å². The van der Waals surface area contributed by atoms with Crippen molar-refractivity contribution in [3.05, 3.63) is 0 Å². The molecule has 0 aliphatic heterocycles. The Labute approximate surface area is 69.3 Å². The van der Waals surface area contributed by atoms with Gasteiger partial charge in [-0.25, -0.2) is 0 Å². The Morgan fingerprint density at radius 2 is 0.917 bits per heavy atom. The lowest BCUT2D eigenvalue weighted by Crippen LogP contribution is -3.10. The van der Waals surface area contributed by atoms with Crippen molar-refractivity contribution >= 4 is 12.6 Å². The molecular weight excluding hydrogens is 152 g/mol. The van der Waals surface area contributed by atoms with Crippen LogP contribution >= 0.6 is 0 Å². The van der Waals surface area contributed by atoms with E-state index in [0.29, 0.717) is 35.5 Å². The minimum Gasteiger partial charge on any atom is -0.303 e. The van der Waals surface area contributed by atoms with Gasteiger partial charge in [-0.15, -0.1) is 0 Å². The molecule has 0 aromatic carbocycles. The molecule has 0 amide bonds. The van der Waals surface area contributed by atoms with Gasteiger partial charge in [0, 0.05) is 10.8 Å². The summed E-state index contributed by atoms with van der Waals surface area (Å²) in [7, 11) is 0. The van der Waals surface area contributed by atoms with E-state index >= 15 is 0 Å². The molecule has 0 aromatic rings. The highest BCUT2D eigenvalue weighted by Gasteiger charge is 3.10. The topological polar surface area (TPSA) is 34.1 Å². The monoisotopic (exact) mass is 160 g/mol. The molecular formula is C10H8O2. The van der Waals surface area contributed by atoms with Gasteiger partial charge in [0.25, 0.3) is 0 Å². The van der Waals surface area contributed by atoms with E-state index in [4.69, 9.17) is 0 Å². The van der Waals surface area contributed by atoms with Crippen LogP contribution < -0.4 is 0 Å². The molecule has 0 atom stereocenters. The molecule has 0 spiro atoms. The number of carbonyl (C=O) groups excluding carboxylic acids is 2. The highest BCUT2D eigenvalue weighted by molar-refractivity contribution is 5.86.